The van der Waals surface area contributed by atoms with Crippen molar-refractivity contribution in [3.63, 3.8) is 0 Å². The molecule has 0 N–H and O–H groups in total. The van der Waals surface area contributed by atoms with E-state index in [1.807, 2.05) is 0 Å². The number of hydrogen-bond acceptors (Lipinski definition) is 2. The lowest BCUT2D eigenvalue weighted by atomic mass is 10.3. The zero-order valence-corrected chi connectivity index (χ0v) is 6.45. The molecule has 1 unspecified atom stereocenters. The molecule has 0 heterocycles. The van der Waals surface area contributed by atoms with E-state index in [1.54, 1.807) is 0 Å². The van der Waals surface area contributed by atoms with Gasteiger partial charge in [-0.25, -0.2) is 13.6 Å². The highest BCUT2D eigenvalue weighted by atomic mass is 19.3. The second-order valence-electron chi connectivity index (χ2n) is 2.10. The van der Waals surface area contributed by atoms with Crippen LogP contribution in [0.3, 0.4) is 0 Å². The van der Waals surface area contributed by atoms with Gasteiger partial charge in [-0.05, 0) is 0 Å². The van der Waals surface area contributed by atoms with Gasteiger partial charge in [0.1, 0.15) is 0 Å². The third-order valence-electron chi connectivity index (χ3n) is 1.03. The van der Waals surface area contributed by atoms with Gasteiger partial charge in [0.25, 0.3) is 0 Å². The highest BCUT2D eigenvalue weighted by molar-refractivity contribution is 5.85. The number of halogens is 6. The number of carbonyl (C=O) groups is 1. The van der Waals surface area contributed by atoms with E-state index in [4.69, 9.17) is 0 Å². The van der Waals surface area contributed by atoms with Crippen LogP contribution >= 0.6 is 0 Å². The summed E-state index contributed by atoms with van der Waals surface area (Å²) in [5.74, 6) is -9.19. The van der Waals surface area contributed by atoms with Crippen LogP contribution in [0.1, 0.15) is 0 Å². The maximum Gasteiger partial charge on any atom is 0.372 e. The molecule has 0 aliphatic rings. The lowest BCUT2D eigenvalue weighted by Crippen LogP contribution is -2.40. The van der Waals surface area contributed by atoms with Crippen molar-refractivity contribution in [3.8, 4) is 0 Å². The van der Waals surface area contributed by atoms with Crippen molar-refractivity contribution in [1.82, 2.24) is 0 Å². The Morgan fingerprint density at radius 1 is 1.29 bits per heavy atom. The molecule has 0 aromatic carbocycles. The molecule has 0 saturated heterocycles. The largest absolute Gasteiger partial charge is 0.419 e. The summed E-state index contributed by atoms with van der Waals surface area (Å²) in [5, 5.41) is 0. The topological polar surface area (TPSA) is 26.3 Å². The first kappa shape index (κ1) is 12.8. The van der Waals surface area contributed by atoms with Crippen LogP contribution in [0.2, 0.25) is 0 Å². The third-order valence-corrected chi connectivity index (χ3v) is 1.03. The summed E-state index contributed by atoms with van der Waals surface area (Å²) in [6.07, 6.45) is -8.28. The maximum atomic E-state index is 12.2. The van der Waals surface area contributed by atoms with Crippen LogP contribution < -0.4 is 0 Å². The molecule has 0 aliphatic heterocycles. The summed E-state index contributed by atoms with van der Waals surface area (Å²) in [7, 11) is 0. The number of hydrogen-bond donors (Lipinski definition) is 0. The van der Waals surface area contributed by atoms with Gasteiger partial charge in [0.2, 0.25) is 5.83 Å². The minimum atomic E-state index is -5.18. The van der Waals surface area contributed by atoms with E-state index in [0.717, 1.165) is 0 Å². The average Bonchev–Trinajstić information content (AvgIpc) is 2.03. The van der Waals surface area contributed by atoms with Crippen LogP contribution in [0.5, 0.6) is 0 Å². The van der Waals surface area contributed by atoms with Crippen molar-refractivity contribution < 1.29 is 35.9 Å². The molecule has 0 aromatic heterocycles. The zero-order chi connectivity index (χ0) is 11.5. The predicted molar refractivity (Wildman–Crippen MR) is 32.2 cm³/mol. The lowest BCUT2D eigenvalue weighted by molar-refractivity contribution is -0.242. The molecule has 82 valence electrons. The summed E-state index contributed by atoms with van der Waals surface area (Å²) in [5.41, 5.74) is 0. The standard InChI is InChI=1S/C6H4F6O2/c1-2(7)3(13)14-5(10)6(11,12)4(8)9/h4-5H,1H2. The predicted octanol–water partition coefficient (Wildman–Crippen LogP) is 2.21. The van der Waals surface area contributed by atoms with E-state index in [2.05, 4.69) is 11.3 Å². The Morgan fingerprint density at radius 3 is 2.00 bits per heavy atom. The third kappa shape index (κ3) is 2.93. The Balaban J connectivity index is 4.41. The molecule has 14 heavy (non-hydrogen) atoms. The molecular weight excluding hydrogens is 218 g/mol. The minimum Gasteiger partial charge on any atom is -0.419 e. The van der Waals surface area contributed by atoms with Crippen molar-refractivity contribution in [2.45, 2.75) is 18.7 Å². The first-order valence-electron chi connectivity index (χ1n) is 3.05. The number of alkyl halides is 5. The molecule has 0 fully saturated rings. The Labute approximate surface area is 74.1 Å². The fourth-order valence-corrected chi connectivity index (χ4v) is 0.336. The van der Waals surface area contributed by atoms with Crippen molar-refractivity contribution in [3.05, 3.63) is 12.4 Å². The van der Waals surface area contributed by atoms with Gasteiger partial charge in [-0.15, -0.1) is 0 Å². The molecule has 0 amide bonds. The van der Waals surface area contributed by atoms with E-state index in [9.17, 15) is 31.1 Å². The number of carbonyl (C=O) groups excluding carboxylic acids is 1. The summed E-state index contributed by atoms with van der Waals surface area (Å²) in [6, 6.07) is 0. The Kier molecular flexibility index (Phi) is 3.96. The highest BCUT2D eigenvalue weighted by Crippen LogP contribution is 2.30. The maximum absolute atomic E-state index is 12.2. The fraction of sp³-hybridized carbons (Fsp3) is 0.500. The van der Waals surface area contributed by atoms with Crippen LogP contribution in [-0.4, -0.2) is 24.7 Å². The first-order chi connectivity index (χ1) is 6.19. The van der Waals surface area contributed by atoms with Gasteiger partial charge in [0.15, 0.2) is 0 Å². The molecule has 2 nitrogen and oxygen atoms in total. The summed E-state index contributed by atoms with van der Waals surface area (Å²) in [6.45, 7) is 2.29. The zero-order valence-electron chi connectivity index (χ0n) is 6.45. The van der Waals surface area contributed by atoms with Crippen LogP contribution in [0.25, 0.3) is 0 Å². The number of rotatable bonds is 4. The number of ether oxygens (including phenoxy) is 1. The molecule has 0 aromatic rings. The molecule has 1 atom stereocenters. The quantitative estimate of drug-likeness (QED) is 0.414. The smallest absolute Gasteiger partial charge is 0.372 e. The van der Waals surface area contributed by atoms with E-state index in [1.165, 1.54) is 0 Å². The summed E-state index contributed by atoms with van der Waals surface area (Å²) < 4.78 is 73.8. The molecule has 0 radical (unpaired) electrons. The van der Waals surface area contributed by atoms with Gasteiger partial charge in [0.05, 0.1) is 0 Å². The molecule has 0 bridgehead atoms. The van der Waals surface area contributed by atoms with E-state index in [-0.39, 0.29) is 0 Å². The van der Waals surface area contributed by atoms with Gasteiger partial charge < -0.3 is 4.74 Å². The molecule has 0 aliphatic carbocycles. The van der Waals surface area contributed by atoms with Crippen LogP contribution in [0.15, 0.2) is 12.4 Å². The molecular formula is C6H4F6O2. The molecule has 0 saturated carbocycles. The first-order valence-corrected chi connectivity index (χ1v) is 3.05. The lowest BCUT2D eigenvalue weighted by Gasteiger charge is -2.18. The van der Waals surface area contributed by atoms with Gasteiger partial charge in [-0.1, -0.05) is 6.58 Å². The minimum absolute atomic E-state index is 1.86. The highest BCUT2D eigenvalue weighted by Gasteiger charge is 2.52. The SMILES string of the molecule is C=C(F)C(=O)OC(F)C(F)(F)C(F)F. The van der Waals surface area contributed by atoms with Crippen molar-refractivity contribution in [2.75, 3.05) is 0 Å². The summed E-state index contributed by atoms with van der Waals surface area (Å²) >= 11 is 0. The van der Waals surface area contributed by atoms with E-state index >= 15 is 0 Å². The Bertz CT molecular complexity index is 238. The fourth-order valence-electron chi connectivity index (χ4n) is 0.336. The summed E-state index contributed by atoms with van der Waals surface area (Å²) in [4.78, 5) is 10.1. The van der Waals surface area contributed by atoms with E-state index < -0.39 is 30.5 Å². The van der Waals surface area contributed by atoms with Crippen LogP contribution in [-0.2, 0) is 9.53 Å². The van der Waals surface area contributed by atoms with Crippen LogP contribution in [0.4, 0.5) is 26.3 Å². The van der Waals surface area contributed by atoms with Gasteiger partial charge >= 0.3 is 24.7 Å². The van der Waals surface area contributed by atoms with Crippen molar-refractivity contribution >= 4 is 5.97 Å². The van der Waals surface area contributed by atoms with Gasteiger partial charge in [-0.2, -0.15) is 17.6 Å². The second-order valence-corrected chi connectivity index (χ2v) is 2.10. The Morgan fingerprint density at radius 2 is 1.71 bits per heavy atom. The van der Waals surface area contributed by atoms with Gasteiger partial charge in [0, 0.05) is 0 Å². The molecule has 8 heteroatoms. The van der Waals surface area contributed by atoms with Gasteiger partial charge in [-0.3, -0.25) is 0 Å². The number of esters is 1. The monoisotopic (exact) mass is 222 g/mol. The van der Waals surface area contributed by atoms with Crippen LogP contribution in [0, 0.1) is 0 Å². The molecule has 0 rings (SSSR count). The average molecular weight is 222 g/mol. The van der Waals surface area contributed by atoms with Crippen molar-refractivity contribution in [1.29, 1.82) is 0 Å². The Hall–Kier alpha value is -1.21. The normalized spacial score (nSPS) is 13.9. The van der Waals surface area contributed by atoms with E-state index in [0.29, 0.717) is 0 Å². The van der Waals surface area contributed by atoms with Crippen molar-refractivity contribution in [2.24, 2.45) is 0 Å². The second kappa shape index (κ2) is 4.34. The molecule has 0 spiro atoms.